The topological polar surface area (TPSA) is 49.6 Å². The quantitative estimate of drug-likeness (QED) is 0.833. The molecule has 0 fully saturated rings. The summed E-state index contributed by atoms with van der Waals surface area (Å²) in [7, 11) is 0. The molecule has 5 heteroatoms. The van der Waals surface area contributed by atoms with E-state index >= 15 is 0 Å². The van der Waals surface area contributed by atoms with Crippen LogP contribution in [-0.4, -0.2) is 9.97 Å². The lowest BCUT2D eigenvalue weighted by molar-refractivity contribution is 0.999. The van der Waals surface area contributed by atoms with Crippen LogP contribution in [0.2, 0.25) is 10.0 Å². The average molecular weight is 264 g/mol. The molecule has 0 aliphatic heterocycles. The highest BCUT2D eigenvalue weighted by atomic mass is 35.5. The summed E-state index contributed by atoms with van der Waals surface area (Å²) in [6.45, 7) is 0. The van der Waals surface area contributed by atoms with Gasteiger partial charge in [-0.2, -0.15) is 5.26 Å². The predicted molar refractivity (Wildman–Crippen MR) is 66.8 cm³/mol. The Hall–Kier alpha value is -1.63. The van der Waals surface area contributed by atoms with E-state index < -0.39 is 0 Å². The highest BCUT2D eigenvalue weighted by Gasteiger charge is 2.04. The molecule has 0 spiro atoms. The van der Waals surface area contributed by atoms with Gasteiger partial charge in [-0.1, -0.05) is 29.3 Å². The van der Waals surface area contributed by atoms with Crippen LogP contribution in [0, 0.1) is 11.3 Å². The number of hydrogen-bond donors (Lipinski definition) is 0. The van der Waals surface area contributed by atoms with Gasteiger partial charge in [0.1, 0.15) is 5.82 Å². The molecule has 0 atom stereocenters. The van der Waals surface area contributed by atoms with Gasteiger partial charge in [0, 0.05) is 11.8 Å². The second kappa shape index (κ2) is 5.13. The minimum atomic E-state index is 0.190. The molecule has 1 aromatic heterocycles. The van der Waals surface area contributed by atoms with Gasteiger partial charge >= 0.3 is 0 Å². The minimum Gasteiger partial charge on any atom is -0.240 e. The van der Waals surface area contributed by atoms with Gasteiger partial charge < -0.3 is 0 Å². The van der Waals surface area contributed by atoms with Gasteiger partial charge in [-0.05, 0) is 18.2 Å². The summed E-state index contributed by atoms with van der Waals surface area (Å²) in [4.78, 5) is 8.27. The molecule has 2 rings (SSSR count). The standard InChI is InChI=1S/C12H7Cl2N3/c13-9-2-1-8(7-10(9)14)11-4-6-16-12(17-11)3-5-15/h1-2,4,6-7H,3H2. The molecule has 0 aliphatic carbocycles. The van der Waals surface area contributed by atoms with E-state index in [0.29, 0.717) is 15.9 Å². The van der Waals surface area contributed by atoms with Crippen molar-refractivity contribution >= 4 is 23.2 Å². The van der Waals surface area contributed by atoms with Crippen LogP contribution in [-0.2, 0) is 6.42 Å². The molecule has 0 bridgehead atoms. The second-order valence-corrected chi connectivity index (χ2v) is 4.14. The molecule has 0 N–H and O–H groups in total. The van der Waals surface area contributed by atoms with Crippen molar-refractivity contribution in [2.24, 2.45) is 0 Å². The molecule has 0 aliphatic rings. The van der Waals surface area contributed by atoms with Crippen LogP contribution in [0.5, 0.6) is 0 Å². The zero-order valence-electron chi connectivity index (χ0n) is 8.69. The Kier molecular flexibility index (Phi) is 3.58. The highest BCUT2D eigenvalue weighted by Crippen LogP contribution is 2.27. The summed E-state index contributed by atoms with van der Waals surface area (Å²) in [5.74, 6) is 0.496. The molecule has 0 unspecified atom stereocenters. The highest BCUT2D eigenvalue weighted by molar-refractivity contribution is 6.42. The van der Waals surface area contributed by atoms with E-state index in [9.17, 15) is 0 Å². The Labute approximate surface area is 109 Å². The Morgan fingerprint density at radius 3 is 2.71 bits per heavy atom. The van der Waals surface area contributed by atoms with E-state index in [1.165, 1.54) is 0 Å². The van der Waals surface area contributed by atoms with Gasteiger partial charge in [-0.15, -0.1) is 0 Å². The fourth-order valence-electron chi connectivity index (χ4n) is 1.37. The smallest absolute Gasteiger partial charge is 0.142 e. The van der Waals surface area contributed by atoms with Crippen LogP contribution in [0.15, 0.2) is 30.5 Å². The zero-order valence-corrected chi connectivity index (χ0v) is 10.2. The Balaban J connectivity index is 2.42. The first-order valence-corrected chi connectivity index (χ1v) is 5.60. The molecule has 1 heterocycles. The minimum absolute atomic E-state index is 0.190. The van der Waals surface area contributed by atoms with Gasteiger partial charge in [-0.25, -0.2) is 9.97 Å². The van der Waals surface area contributed by atoms with Crippen LogP contribution in [0.4, 0.5) is 0 Å². The SMILES string of the molecule is N#CCc1nccc(-c2ccc(Cl)c(Cl)c2)n1. The lowest BCUT2D eigenvalue weighted by atomic mass is 10.1. The lowest BCUT2D eigenvalue weighted by Crippen LogP contribution is -1.94. The van der Waals surface area contributed by atoms with Crippen molar-refractivity contribution in [3.8, 4) is 17.3 Å². The van der Waals surface area contributed by atoms with Crippen LogP contribution in [0.3, 0.4) is 0 Å². The van der Waals surface area contributed by atoms with Crippen molar-refractivity contribution in [2.75, 3.05) is 0 Å². The summed E-state index contributed by atoms with van der Waals surface area (Å²) in [6.07, 6.45) is 1.81. The molecule has 0 saturated carbocycles. The van der Waals surface area contributed by atoms with Crippen LogP contribution >= 0.6 is 23.2 Å². The van der Waals surface area contributed by atoms with Crippen LogP contribution in [0.25, 0.3) is 11.3 Å². The van der Waals surface area contributed by atoms with E-state index in [1.807, 2.05) is 12.1 Å². The molecule has 17 heavy (non-hydrogen) atoms. The summed E-state index contributed by atoms with van der Waals surface area (Å²) >= 11 is 11.8. The molecule has 1 aromatic carbocycles. The van der Waals surface area contributed by atoms with Gasteiger partial charge in [0.25, 0.3) is 0 Å². The maximum absolute atomic E-state index is 8.59. The van der Waals surface area contributed by atoms with E-state index in [-0.39, 0.29) is 6.42 Å². The number of aromatic nitrogens is 2. The van der Waals surface area contributed by atoms with E-state index in [2.05, 4.69) is 9.97 Å². The largest absolute Gasteiger partial charge is 0.240 e. The average Bonchev–Trinajstić information content (AvgIpc) is 2.33. The van der Waals surface area contributed by atoms with Gasteiger partial charge in [0.2, 0.25) is 0 Å². The van der Waals surface area contributed by atoms with E-state index in [4.69, 9.17) is 28.5 Å². The Morgan fingerprint density at radius 1 is 1.18 bits per heavy atom. The van der Waals surface area contributed by atoms with Crippen LogP contribution < -0.4 is 0 Å². The number of halogens is 2. The fraction of sp³-hybridized carbons (Fsp3) is 0.0833. The third-order valence-corrected chi connectivity index (χ3v) is 2.90. The first-order chi connectivity index (χ1) is 8.20. The second-order valence-electron chi connectivity index (χ2n) is 3.32. The van der Waals surface area contributed by atoms with E-state index in [1.54, 1.807) is 24.4 Å². The molecule has 0 saturated heterocycles. The third kappa shape index (κ3) is 2.73. The van der Waals surface area contributed by atoms with Crippen molar-refractivity contribution in [3.05, 3.63) is 46.3 Å². The van der Waals surface area contributed by atoms with Gasteiger partial charge in [0.15, 0.2) is 0 Å². The monoisotopic (exact) mass is 263 g/mol. The van der Waals surface area contributed by atoms with Gasteiger partial charge in [-0.3, -0.25) is 0 Å². The fourth-order valence-corrected chi connectivity index (χ4v) is 1.67. The number of rotatable bonds is 2. The molecule has 3 nitrogen and oxygen atoms in total. The lowest BCUT2D eigenvalue weighted by Gasteiger charge is -2.03. The summed E-state index contributed by atoms with van der Waals surface area (Å²) in [6, 6.07) is 9.05. The number of hydrogen-bond acceptors (Lipinski definition) is 3. The molecule has 84 valence electrons. The summed E-state index contributed by atoms with van der Waals surface area (Å²) in [5, 5.41) is 9.57. The van der Waals surface area contributed by atoms with Gasteiger partial charge in [0.05, 0.1) is 28.2 Å². The summed E-state index contributed by atoms with van der Waals surface area (Å²) < 4.78 is 0. The maximum Gasteiger partial charge on any atom is 0.142 e. The molecule has 0 amide bonds. The van der Waals surface area contributed by atoms with Crippen molar-refractivity contribution in [2.45, 2.75) is 6.42 Å². The first kappa shape index (κ1) is 11.8. The Morgan fingerprint density at radius 2 is 2.00 bits per heavy atom. The zero-order chi connectivity index (χ0) is 12.3. The number of nitrogens with zero attached hydrogens (tertiary/aromatic N) is 3. The Bertz CT molecular complexity index is 591. The van der Waals surface area contributed by atoms with E-state index in [0.717, 1.165) is 11.3 Å². The van der Waals surface area contributed by atoms with Crippen molar-refractivity contribution in [1.82, 2.24) is 9.97 Å². The molecular weight excluding hydrogens is 257 g/mol. The number of nitriles is 1. The third-order valence-electron chi connectivity index (χ3n) is 2.16. The van der Waals surface area contributed by atoms with Crippen LogP contribution in [0.1, 0.15) is 5.82 Å². The maximum atomic E-state index is 8.59. The molecular formula is C12H7Cl2N3. The normalized spacial score (nSPS) is 9.94. The molecule has 2 aromatic rings. The van der Waals surface area contributed by atoms with Crippen molar-refractivity contribution < 1.29 is 0 Å². The first-order valence-electron chi connectivity index (χ1n) is 4.85. The van der Waals surface area contributed by atoms with Crippen molar-refractivity contribution in [3.63, 3.8) is 0 Å². The summed E-state index contributed by atoms with van der Waals surface area (Å²) in [5.41, 5.74) is 1.57. The number of benzene rings is 1. The molecule has 0 radical (unpaired) electrons. The predicted octanol–water partition coefficient (Wildman–Crippen LogP) is 3.52. The van der Waals surface area contributed by atoms with Crippen molar-refractivity contribution in [1.29, 1.82) is 5.26 Å².